The first kappa shape index (κ1) is 10.5. The molecule has 2 N–H and O–H groups in total. The van der Waals surface area contributed by atoms with E-state index < -0.39 is 0 Å². The quantitative estimate of drug-likeness (QED) is 0.787. The van der Waals surface area contributed by atoms with Gasteiger partial charge in [0.1, 0.15) is 11.5 Å². The molecule has 16 heavy (non-hydrogen) atoms. The van der Waals surface area contributed by atoms with E-state index in [-0.39, 0.29) is 0 Å². The molecule has 0 unspecified atom stereocenters. The van der Waals surface area contributed by atoms with Crippen molar-refractivity contribution in [3.05, 3.63) is 29.7 Å². The van der Waals surface area contributed by atoms with Gasteiger partial charge in [0.15, 0.2) is 0 Å². The summed E-state index contributed by atoms with van der Waals surface area (Å²) in [6.45, 7) is 3.79. The number of aromatic nitrogens is 1. The molecule has 4 heteroatoms. The van der Waals surface area contributed by atoms with Crippen LogP contribution in [0.1, 0.15) is 11.5 Å². The number of ether oxygens (including phenoxy) is 1. The summed E-state index contributed by atoms with van der Waals surface area (Å²) >= 11 is 0. The normalized spacial score (nSPS) is 10.4. The zero-order chi connectivity index (χ0) is 11.7. The number of hydrogen-bond acceptors (Lipinski definition) is 4. The summed E-state index contributed by atoms with van der Waals surface area (Å²) in [4.78, 5) is 0. The molecule has 0 spiro atoms. The van der Waals surface area contributed by atoms with Crippen molar-refractivity contribution in [2.75, 3.05) is 12.8 Å². The molecule has 0 radical (unpaired) electrons. The lowest BCUT2D eigenvalue weighted by Crippen LogP contribution is -1.93. The van der Waals surface area contributed by atoms with Crippen molar-refractivity contribution in [2.24, 2.45) is 0 Å². The van der Waals surface area contributed by atoms with Gasteiger partial charge in [0.05, 0.1) is 18.5 Å². The number of rotatable bonds is 2. The van der Waals surface area contributed by atoms with Gasteiger partial charge < -0.3 is 15.0 Å². The first-order valence-electron chi connectivity index (χ1n) is 5.00. The largest absolute Gasteiger partial charge is 0.495 e. The van der Waals surface area contributed by atoms with Crippen molar-refractivity contribution in [2.45, 2.75) is 13.8 Å². The Hall–Kier alpha value is -1.97. The number of hydrogen-bond donors (Lipinski definition) is 1. The SMILES string of the molecule is COc1ccc(-c2c(C)noc2C)cc1N. The van der Waals surface area contributed by atoms with Crippen LogP contribution in [0, 0.1) is 13.8 Å². The first-order chi connectivity index (χ1) is 7.63. The second-order valence-electron chi connectivity index (χ2n) is 3.66. The Morgan fingerprint density at radius 1 is 1.31 bits per heavy atom. The van der Waals surface area contributed by atoms with Crippen LogP contribution >= 0.6 is 0 Å². The molecular formula is C12H14N2O2. The topological polar surface area (TPSA) is 61.3 Å². The van der Waals surface area contributed by atoms with Gasteiger partial charge in [-0.05, 0) is 31.5 Å². The molecule has 0 aliphatic heterocycles. The summed E-state index contributed by atoms with van der Waals surface area (Å²) in [5.41, 5.74) is 9.33. The number of benzene rings is 1. The molecule has 0 aliphatic carbocycles. The molecular weight excluding hydrogens is 204 g/mol. The van der Waals surface area contributed by atoms with E-state index >= 15 is 0 Å². The molecule has 0 amide bonds. The Bertz CT molecular complexity index is 498. The maximum Gasteiger partial charge on any atom is 0.141 e. The molecule has 0 saturated heterocycles. The lowest BCUT2D eigenvalue weighted by atomic mass is 10.0. The predicted octanol–water partition coefficient (Wildman–Crippen LogP) is 2.55. The molecule has 1 aromatic heterocycles. The fraction of sp³-hybridized carbons (Fsp3) is 0.250. The summed E-state index contributed by atoms with van der Waals surface area (Å²) in [5, 5.41) is 3.92. The molecule has 1 aromatic carbocycles. The minimum absolute atomic E-state index is 0.611. The van der Waals surface area contributed by atoms with Crippen LogP contribution in [-0.2, 0) is 0 Å². The van der Waals surface area contributed by atoms with Crippen molar-refractivity contribution in [3.63, 3.8) is 0 Å². The van der Waals surface area contributed by atoms with Gasteiger partial charge in [-0.1, -0.05) is 11.2 Å². The molecule has 0 bridgehead atoms. The van der Waals surface area contributed by atoms with Crippen LogP contribution in [0.25, 0.3) is 11.1 Å². The molecule has 2 rings (SSSR count). The minimum Gasteiger partial charge on any atom is -0.495 e. The molecule has 0 aliphatic rings. The van der Waals surface area contributed by atoms with Gasteiger partial charge in [-0.2, -0.15) is 0 Å². The van der Waals surface area contributed by atoms with E-state index in [1.807, 2.05) is 32.0 Å². The van der Waals surface area contributed by atoms with Gasteiger partial charge in [0.2, 0.25) is 0 Å². The van der Waals surface area contributed by atoms with Crippen molar-refractivity contribution in [3.8, 4) is 16.9 Å². The lowest BCUT2D eigenvalue weighted by molar-refractivity contribution is 0.393. The minimum atomic E-state index is 0.611. The van der Waals surface area contributed by atoms with Crippen LogP contribution in [0.2, 0.25) is 0 Å². The Morgan fingerprint density at radius 3 is 2.56 bits per heavy atom. The average molecular weight is 218 g/mol. The highest BCUT2D eigenvalue weighted by atomic mass is 16.5. The maximum atomic E-state index is 5.86. The second-order valence-corrected chi connectivity index (χ2v) is 3.66. The predicted molar refractivity (Wildman–Crippen MR) is 62.4 cm³/mol. The highest BCUT2D eigenvalue weighted by Gasteiger charge is 2.12. The number of methoxy groups -OCH3 is 1. The van der Waals surface area contributed by atoms with Crippen molar-refractivity contribution in [1.29, 1.82) is 0 Å². The first-order valence-corrected chi connectivity index (χ1v) is 5.00. The van der Waals surface area contributed by atoms with E-state index in [1.54, 1.807) is 7.11 Å². The van der Waals surface area contributed by atoms with Crippen LogP contribution in [0.4, 0.5) is 5.69 Å². The van der Waals surface area contributed by atoms with E-state index in [9.17, 15) is 0 Å². The number of anilines is 1. The van der Waals surface area contributed by atoms with Crippen LogP contribution in [0.5, 0.6) is 5.75 Å². The third-order valence-corrected chi connectivity index (χ3v) is 2.55. The highest BCUT2D eigenvalue weighted by molar-refractivity contribution is 5.73. The standard InChI is InChI=1S/C12H14N2O2/c1-7-12(8(2)16-14-7)9-4-5-11(15-3)10(13)6-9/h4-6H,13H2,1-3H3. The van der Waals surface area contributed by atoms with Gasteiger partial charge >= 0.3 is 0 Å². The maximum absolute atomic E-state index is 5.86. The fourth-order valence-corrected chi connectivity index (χ4v) is 1.78. The van der Waals surface area contributed by atoms with E-state index in [0.717, 1.165) is 22.6 Å². The van der Waals surface area contributed by atoms with Gasteiger partial charge in [0, 0.05) is 5.56 Å². The number of nitrogens with zero attached hydrogens (tertiary/aromatic N) is 1. The Kier molecular flexibility index (Phi) is 2.56. The molecule has 0 saturated carbocycles. The van der Waals surface area contributed by atoms with Crippen LogP contribution in [0.15, 0.2) is 22.7 Å². The zero-order valence-corrected chi connectivity index (χ0v) is 9.57. The second kappa shape index (κ2) is 3.89. The van der Waals surface area contributed by atoms with E-state index in [1.165, 1.54) is 0 Å². The molecule has 1 heterocycles. The Balaban J connectivity index is 2.53. The molecule has 0 fully saturated rings. The average Bonchev–Trinajstić information content (AvgIpc) is 2.58. The van der Waals surface area contributed by atoms with E-state index in [4.69, 9.17) is 15.0 Å². The van der Waals surface area contributed by atoms with Crippen molar-refractivity contribution < 1.29 is 9.26 Å². The third-order valence-electron chi connectivity index (χ3n) is 2.55. The van der Waals surface area contributed by atoms with Gasteiger partial charge in [-0.15, -0.1) is 0 Å². The highest BCUT2D eigenvalue weighted by Crippen LogP contribution is 2.31. The third kappa shape index (κ3) is 1.62. The van der Waals surface area contributed by atoms with Gasteiger partial charge in [-0.25, -0.2) is 0 Å². The van der Waals surface area contributed by atoms with Crippen molar-refractivity contribution >= 4 is 5.69 Å². The fourth-order valence-electron chi connectivity index (χ4n) is 1.78. The molecule has 84 valence electrons. The summed E-state index contributed by atoms with van der Waals surface area (Å²) < 4.78 is 10.2. The van der Waals surface area contributed by atoms with Crippen molar-refractivity contribution in [1.82, 2.24) is 5.16 Å². The van der Waals surface area contributed by atoms with Crippen LogP contribution in [0.3, 0.4) is 0 Å². The Morgan fingerprint density at radius 2 is 2.06 bits per heavy atom. The zero-order valence-electron chi connectivity index (χ0n) is 9.57. The molecule has 0 atom stereocenters. The van der Waals surface area contributed by atoms with E-state index in [0.29, 0.717) is 11.4 Å². The summed E-state index contributed by atoms with van der Waals surface area (Å²) in [6, 6.07) is 5.66. The summed E-state index contributed by atoms with van der Waals surface area (Å²) in [5.74, 6) is 1.47. The van der Waals surface area contributed by atoms with Crippen LogP contribution < -0.4 is 10.5 Å². The lowest BCUT2D eigenvalue weighted by Gasteiger charge is -2.06. The van der Waals surface area contributed by atoms with Crippen LogP contribution in [-0.4, -0.2) is 12.3 Å². The van der Waals surface area contributed by atoms with Gasteiger partial charge in [-0.3, -0.25) is 0 Å². The number of nitrogen functional groups attached to an aromatic ring is 1. The van der Waals surface area contributed by atoms with Gasteiger partial charge in [0.25, 0.3) is 0 Å². The number of aryl methyl sites for hydroxylation is 2. The Labute approximate surface area is 94.0 Å². The summed E-state index contributed by atoms with van der Waals surface area (Å²) in [7, 11) is 1.60. The summed E-state index contributed by atoms with van der Waals surface area (Å²) in [6.07, 6.45) is 0. The molecule has 4 nitrogen and oxygen atoms in total. The molecule has 2 aromatic rings. The monoisotopic (exact) mass is 218 g/mol. The number of nitrogens with two attached hydrogens (primary N) is 1. The van der Waals surface area contributed by atoms with E-state index in [2.05, 4.69) is 5.16 Å². The smallest absolute Gasteiger partial charge is 0.141 e.